The fourth-order valence-electron chi connectivity index (χ4n) is 3.23. The molecule has 0 spiro atoms. The highest BCUT2D eigenvalue weighted by Crippen LogP contribution is 2.33. The number of carbonyl (C=O) groups excluding carboxylic acids is 1. The van der Waals surface area contributed by atoms with Crippen LogP contribution in [0.25, 0.3) is 0 Å². The second-order valence-electron chi connectivity index (χ2n) is 6.41. The second-order valence-corrected chi connectivity index (χ2v) is 7.22. The van der Waals surface area contributed by atoms with Gasteiger partial charge < -0.3 is 10.1 Å². The van der Waals surface area contributed by atoms with Crippen molar-refractivity contribution in [1.82, 2.24) is 10.2 Å². The van der Waals surface area contributed by atoms with Crippen LogP contribution in [0, 0.1) is 0 Å². The van der Waals surface area contributed by atoms with Gasteiger partial charge in [0, 0.05) is 18.7 Å². The predicted octanol–water partition coefficient (Wildman–Crippen LogP) is 4.53. The highest BCUT2D eigenvalue weighted by atomic mass is 35.5. The third-order valence-electron chi connectivity index (χ3n) is 4.62. The minimum atomic E-state index is -0.215. The molecule has 1 aliphatic rings. The molecule has 2 aromatic rings. The molecule has 2 aromatic carbocycles. The molecule has 4 nitrogen and oxygen atoms in total. The summed E-state index contributed by atoms with van der Waals surface area (Å²) in [7, 11) is 1.49. The molecule has 6 heteroatoms. The number of nitrogens with zero attached hydrogens (tertiary/aromatic N) is 1. The van der Waals surface area contributed by atoms with E-state index in [-0.39, 0.29) is 5.91 Å². The molecule has 1 aliphatic heterocycles. The fraction of sp³-hybridized carbons (Fsp3) is 0.350. The fourth-order valence-corrected chi connectivity index (χ4v) is 3.87. The lowest BCUT2D eigenvalue weighted by Crippen LogP contribution is -2.25. The summed E-state index contributed by atoms with van der Waals surface area (Å²) >= 11 is 12.2. The molecule has 138 valence electrons. The van der Waals surface area contributed by atoms with Crippen LogP contribution in [-0.2, 0) is 13.1 Å². The molecular weight excluding hydrogens is 371 g/mol. The molecule has 0 atom stereocenters. The summed E-state index contributed by atoms with van der Waals surface area (Å²) in [5, 5.41) is 3.60. The molecule has 0 radical (unpaired) electrons. The van der Waals surface area contributed by atoms with Crippen LogP contribution in [0.1, 0.15) is 34.3 Å². The number of hydrogen-bond acceptors (Lipinski definition) is 3. The monoisotopic (exact) mass is 392 g/mol. The van der Waals surface area contributed by atoms with Gasteiger partial charge in [0.25, 0.3) is 5.91 Å². The highest BCUT2D eigenvalue weighted by Gasteiger charge is 2.16. The van der Waals surface area contributed by atoms with Gasteiger partial charge in [-0.15, -0.1) is 0 Å². The number of hydrogen-bond donors (Lipinski definition) is 1. The van der Waals surface area contributed by atoms with Crippen LogP contribution in [0.15, 0.2) is 36.4 Å². The van der Waals surface area contributed by atoms with E-state index in [1.54, 1.807) is 12.1 Å². The number of carbonyl (C=O) groups is 1. The van der Waals surface area contributed by atoms with Gasteiger partial charge in [-0.2, -0.15) is 0 Å². The van der Waals surface area contributed by atoms with Gasteiger partial charge in [0.05, 0.1) is 17.2 Å². The van der Waals surface area contributed by atoms with E-state index < -0.39 is 0 Å². The van der Waals surface area contributed by atoms with Gasteiger partial charge >= 0.3 is 0 Å². The van der Waals surface area contributed by atoms with Crippen molar-refractivity contribution in [3.05, 3.63) is 63.1 Å². The molecule has 0 unspecified atom stereocenters. The lowest BCUT2D eigenvalue weighted by Gasteiger charge is -2.18. The standard InChI is InChI=1S/C20H22Cl2N2O2/c1-26-19-17(21)10-16(11-18(19)22)20(25)23-12-14-6-2-3-7-15(14)13-24-8-4-5-9-24/h2-3,6-7,10-11H,4-5,8-9,12-13H2,1H3,(H,23,25). The Balaban J connectivity index is 1.68. The summed E-state index contributed by atoms with van der Waals surface area (Å²) in [5.74, 6) is 0.160. The van der Waals surface area contributed by atoms with E-state index in [0.29, 0.717) is 27.9 Å². The maximum atomic E-state index is 12.5. The van der Waals surface area contributed by atoms with Crippen LogP contribution < -0.4 is 10.1 Å². The SMILES string of the molecule is COc1c(Cl)cc(C(=O)NCc2ccccc2CN2CCCC2)cc1Cl. The van der Waals surface area contributed by atoms with Crippen molar-refractivity contribution < 1.29 is 9.53 Å². The van der Waals surface area contributed by atoms with Crippen molar-refractivity contribution in [2.45, 2.75) is 25.9 Å². The number of rotatable bonds is 6. The number of nitrogens with one attached hydrogen (secondary N) is 1. The van der Waals surface area contributed by atoms with Gasteiger partial charge in [-0.05, 0) is 49.2 Å². The van der Waals surface area contributed by atoms with E-state index in [2.05, 4.69) is 22.3 Å². The Bertz CT molecular complexity index is 766. The number of likely N-dealkylation sites (tertiary alicyclic amines) is 1. The number of methoxy groups -OCH3 is 1. The molecule has 1 saturated heterocycles. The summed E-state index contributed by atoms with van der Waals surface area (Å²) in [4.78, 5) is 14.9. The molecular formula is C20H22Cl2N2O2. The van der Waals surface area contributed by atoms with Crippen molar-refractivity contribution in [2.24, 2.45) is 0 Å². The quantitative estimate of drug-likeness (QED) is 0.784. The van der Waals surface area contributed by atoms with Crippen LogP contribution in [0.2, 0.25) is 10.0 Å². The number of benzene rings is 2. The van der Waals surface area contributed by atoms with Gasteiger partial charge in [0.2, 0.25) is 0 Å². The first-order valence-electron chi connectivity index (χ1n) is 8.69. The van der Waals surface area contributed by atoms with E-state index in [4.69, 9.17) is 27.9 Å². The van der Waals surface area contributed by atoms with E-state index in [0.717, 1.165) is 25.2 Å². The third kappa shape index (κ3) is 4.50. The van der Waals surface area contributed by atoms with Crippen LogP contribution >= 0.6 is 23.2 Å². The molecule has 0 bridgehead atoms. The van der Waals surface area contributed by atoms with E-state index >= 15 is 0 Å². The van der Waals surface area contributed by atoms with E-state index in [1.165, 1.54) is 25.5 Å². The maximum Gasteiger partial charge on any atom is 0.251 e. The first kappa shape index (κ1) is 19.0. The molecule has 1 N–H and O–H groups in total. The molecule has 0 aromatic heterocycles. The van der Waals surface area contributed by atoms with E-state index in [9.17, 15) is 4.79 Å². The van der Waals surface area contributed by atoms with Gasteiger partial charge in [-0.25, -0.2) is 0 Å². The molecule has 1 amide bonds. The van der Waals surface area contributed by atoms with Crippen LogP contribution in [0.5, 0.6) is 5.75 Å². The average molecular weight is 393 g/mol. The summed E-state index contributed by atoms with van der Waals surface area (Å²) < 4.78 is 5.12. The molecule has 1 heterocycles. The Hall–Kier alpha value is -1.75. The minimum absolute atomic E-state index is 0.215. The Morgan fingerprint density at radius 2 is 1.73 bits per heavy atom. The minimum Gasteiger partial charge on any atom is -0.494 e. The highest BCUT2D eigenvalue weighted by molar-refractivity contribution is 6.37. The zero-order chi connectivity index (χ0) is 18.5. The van der Waals surface area contributed by atoms with Crippen LogP contribution in [0.4, 0.5) is 0 Å². The third-order valence-corrected chi connectivity index (χ3v) is 5.18. The normalized spacial score (nSPS) is 14.4. The summed E-state index contributed by atoms with van der Waals surface area (Å²) in [6, 6.07) is 11.4. The zero-order valence-electron chi connectivity index (χ0n) is 14.7. The van der Waals surface area contributed by atoms with Gasteiger partial charge in [-0.1, -0.05) is 47.5 Å². The van der Waals surface area contributed by atoms with Crippen molar-refractivity contribution >= 4 is 29.1 Å². The first-order valence-corrected chi connectivity index (χ1v) is 9.44. The van der Waals surface area contributed by atoms with Gasteiger partial charge in [-0.3, -0.25) is 9.69 Å². The van der Waals surface area contributed by atoms with E-state index in [1.807, 2.05) is 12.1 Å². The lowest BCUT2D eigenvalue weighted by atomic mass is 10.1. The number of amides is 1. The largest absolute Gasteiger partial charge is 0.494 e. The Morgan fingerprint density at radius 1 is 1.12 bits per heavy atom. The number of halogens is 2. The first-order chi connectivity index (χ1) is 12.6. The second kappa shape index (κ2) is 8.76. The van der Waals surface area contributed by atoms with Gasteiger partial charge in [0.15, 0.2) is 5.75 Å². The summed E-state index contributed by atoms with van der Waals surface area (Å²) in [6.07, 6.45) is 2.52. The average Bonchev–Trinajstić information content (AvgIpc) is 3.13. The summed E-state index contributed by atoms with van der Waals surface area (Å²) in [6.45, 7) is 3.67. The van der Waals surface area contributed by atoms with Crippen LogP contribution in [-0.4, -0.2) is 31.0 Å². The predicted molar refractivity (Wildman–Crippen MR) is 105 cm³/mol. The zero-order valence-corrected chi connectivity index (χ0v) is 16.2. The Labute approximate surface area is 164 Å². The molecule has 3 rings (SSSR count). The van der Waals surface area contributed by atoms with Crippen molar-refractivity contribution in [2.75, 3.05) is 20.2 Å². The molecule has 0 saturated carbocycles. The topological polar surface area (TPSA) is 41.6 Å². The summed E-state index contributed by atoms with van der Waals surface area (Å²) in [5.41, 5.74) is 2.79. The van der Waals surface area contributed by atoms with Gasteiger partial charge in [0.1, 0.15) is 0 Å². The Kier molecular flexibility index (Phi) is 6.41. The van der Waals surface area contributed by atoms with Crippen molar-refractivity contribution in [1.29, 1.82) is 0 Å². The van der Waals surface area contributed by atoms with Crippen molar-refractivity contribution in [3.8, 4) is 5.75 Å². The molecule has 0 aliphatic carbocycles. The van der Waals surface area contributed by atoms with Crippen molar-refractivity contribution in [3.63, 3.8) is 0 Å². The maximum absolute atomic E-state index is 12.5. The Morgan fingerprint density at radius 3 is 2.35 bits per heavy atom. The molecule has 26 heavy (non-hydrogen) atoms. The number of ether oxygens (including phenoxy) is 1. The smallest absolute Gasteiger partial charge is 0.251 e. The molecule has 1 fully saturated rings. The lowest BCUT2D eigenvalue weighted by molar-refractivity contribution is 0.0950. The van der Waals surface area contributed by atoms with Crippen LogP contribution in [0.3, 0.4) is 0 Å².